The van der Waals surface area contributed by atoms with Crippen LogP contribution in [0.1, 0.15) is 38.7 Å². The minimum absolute atomic E-state index is 0.141. The fourth-order valence-electron chi connectivity index (χ4n) is 5.72. The maximum atomic E-state index is 13.8. The summed E-state index contributed by atoms with van der Waals surface area (Å²) < 4.78 is 6.42. The Balaban J connectivity index is 1.68. The number of aliphatic hydroxyl groups is 1. The highest BCUT2D eigenvalue weighted by Crippen LogP contribution is 2.60. The molecule has 0 radical (unpaired) electrons. The molecule has 7 atom stereocenters. The Morgan fingerprint density at radius 3 is 2.61 bits per heavy atom. The summed E-state index contributed by atoms with van der Waals surface area (Å²) in [5.74, 6) is -2.24. The van der Waals surface area contributed by atoms with E-state index in [1.54, 1.807) is 0 Å². The molecule has 3 heterocycles. The van der Waals surface area contributed by atoms with Crippen LogP contribution in [-0.2, 0) is 25.7 Å². The molecule has 0 aliphatic carbocycles. The van der Waals surface area contributed by atoms with E-state index in [0.717, 1.165) is 12.0 Å². The number of nitrogens with zero attached hydrogens (tertiary/aromatic N) is 1. The number of alkyl halides is 1. The van der Waals surface area contributed by atoms with E-state index < -0.39 is 35.6 Å². The van der Waals surface area contributed by atoms with Crippen LogP contribution in [0.2, 0.25) is 0 Å². The second-order valence-electron chi connectivity index (χ2n) is 9.15. The first kappa shape index (κ1) is 24.2. The average molecular weight is 522 g/mol. The number of ether oxygens (including phenoxy) is 1. The number of likely N-dealkylation sites (tertiary alicyclic amines) is 1. The quantitative estimate of drug-likeness (QED) is 0.425. The molecule has 3 aliphatic rings. The summed E-state index contributed by atoms with van der Waals surface area (Å²) in [6, 6.07) is 8.10. The lowest BCUT2D eigenvalue weighted by molar-refractivity contribution is -0.145. The maximum absolute atomic E-state index is 13.8. The van der Waals surface area contributed by atoms with Gasteiger partial charge in [-0.05, 0) is 24.8 Å². The third kappa shape index (κ3) is 3.98. The number of amides is 3. The molecule has 3 amide bonds. The molecule has 1 aromatic carbocycles. The Labute approximate surface area is 202 Å². The zero-order chi connectivity index (χ0) is 23.8. The molecule has 1 aromatic rings. The highest BCUT2D eigenvalue weighted by Gasteiger charge is 2.76. The summed E-state index contributed by atoms with van der Waals surface area (Å²) in [7, 11) is 0. The van der Waals surface area contributed by atoms with Crippen molar-refractivity contribution in [2.24, 2.45) is 11.8 Å². The zero-order valence-electron chi connectivity index (χ0n) is 19.0. The van der Waals surface area contributed by atoms with Crippen molar-refractivity contribution in [1.82, 2.24) is 15.5 Å². The maximum Gasteiger partial charge on any atom is 0.246 e. The molecule has 3 unspecified atom stereocenters. The summed E-state index contributed by atoms with van der Waals surface area (Å²) >= 11 is 3.65. The van der Waals surface area contributed by atoms with Crippen molar-refractivity contribution >= 4 is 33.7 Å². The first-order valence-electron chi connectivity index (χ1n) is 11.7. The van der Waals surface area contributed by atoms with E-state index in [1.807, 2.05) is 44.2 Å². The Bertz CT molecular complexity index is 895. The number of fused-ring (bicyclic) bond motifs is 1. The number of aliphatic hydroxyl groups excluding tert-OH is 1. The van der Waals surface area contributed by atoms with Crippen LogP contribution in [0, 0.1) is 11.8 Å². The number of rotatable bonds is 9. The van der Waals surface area contributed by atoms with Crippen LogP contribution in [0.3, 0.4) is 0 Å². The van der Waals surface area contributed by atoms with Crippen LogP contribution < -0.4 is 10.6 Å². The predicted molar refractivity (Wildman–Crippen MR) is 125 cm³/mol. The zero-order valence-corrected chi connectivity index (χ0v) is 20.6. The van der Waals surface area contributed by atoms with Crippen LogP contribution in [0.25, 0.3) is 0 Å². The van der Waals surface area contributed by atoms with Crippen molar-refractivity contribution in [3.8, 4) is 0 Å². The topological polar surface area (TPSA) is 108 Å². The molecule has 0 saturated carbocycles. The van der Waals surface area contributed by atoms with Crippen LogP contribution in [0.4, 0.5) is 0 Å². The molecule has 3 N–H and O–H groups in total. The van der Waals surface area contributed by atoms with Gasteiger partial charge < -0.3 is 25.4 Å². The molecule has 1 spiro atoms. The van der Waals surface area contributed by atoms with Gasteiger partial charge in [0.05, 0.1) is 30.6 Å². The summed E-state index contributed by atoms with van der Waals surface area (Å²) in [4.78, 5) is 41.8. The minimum atomic E-state index is -1.10. The van der Waals surface area contributed by atoms with Gasteiger partial charge in [0.2, 0.25) is 17.7 Å². The SMILES string of the molecule is CCCNC(=O)[C@H]1[C@H]2C(=O)N([C@@H](CC)CO)C(C(=O)NCc3ccccc3)C23CC(Br)[C@@H]1O3. The molecule has 9 heteroatoms. The molecule has 180 valence electrons. The van der Waals surface area contributed by atoms with E-state index in [9.17, 15) is 19.5 Å². The van der Waals surface area contributed by atoms with Crippen molar-refractivity contribution in [2.75, 3.05) is 13.2 Å². The van der Waals surface area contributed by atoms with Gasteiger partial charge in [-0.3, -0.25) is 14.4 Å². The molecule has 3 aliphatic heterocycles. The smallest absolute Gasteiger partial charge is 0.246 e. The monoisotopic (exact) mass is 521 g/mol. The first-order chi connectivity index (χ1) is 15.9. The predicted octanol–water partition coefficient (Wildman–Crippen LogP) is 1.35. The van der Waals surface area contributed by atoms with E-state index in [2.05, 4.69) is 26.6 Å². The van der Waals surface area contributed by atoms with E-state index in [1.165, 1.54) is 4.90 Å². The van der Waals surface area contributed by atoms with E-state index >= 15 is 0 Å². The first-order valence-corrected chi connectivity index (χ1v) is 12.6. The lowest BCUT2D eigenvalue weighted by Gasteiger charge is -2.36. The Morgan fingerprint density at radius 2 is 1.97 bits per heavy atom. The molecule has 33 heavy (non-hydrogen) atoms. The highest BCUT2D eigenvalue weighted by molar-refractivity contribution is 9.09. The molecule has 4 rings (SSSR count). The van der Waals surface area contributed by atoms with Crippen molar-refractivity contribution in [2.45, 2.75) is 68.3 Å². The number of halogens is 1. The van der Waals surface area contributed by atoms with E-state index in [0.29, 0.717) is 25.9 Å². The minimum Gasteiger partial charge on any atom is -0.394 e. The molecule has 8 nitrogen and oxygen atoms in total. The average Bonchev–Trinajstić information content (AvgIpc) is 3.41. The van der Waals surface area contributed by atoms with Gasteiger partial charge in [0.15, 0.2) is 0 Å². The van der Waals surface area contributed by atoms with Gasteiger partial charge in [-0.2, -0.15) is 0 Å². The normalized spacial score (nSPS) is 33.2. The van der Waals surface area contributed by atoms with Gasteiger partial charge in [0.1, 0.15) is 11.6 Å². The van der Waals surface area contributed by atoms with Crippen LogP contribution in [-0.4, -0.2) is 69.5 Å². The van der Waals surface area contributed by atoms with E-state index in [4.69, 9.17) is 4.74 Å². The summed E-state index contributed by atoms with van der Waals surface area (Å²) in [5.41, 5.74) is -0.162. The number of benzene rings is 1. The lowest BCUT2D eigenvalue weighted by Crippen LogP contribution is -2.58. The summed E-state index contributed by atoms with van der Waals surface area (Å²) in [6.45, 7) is 4.41. The highest BCUT2D eigenvalue weighted by atomic mass is 79.9. The molecular weight excluding hydrogens is 490 g/mol. The second kappa shape index (κ2) is 9.72. The van der Waals surface area contributed by atoms with E-state index in [-0.39, 0.29) is 29.2 Å². The Morgan fingerprint density at radius 1 is 1.24 bits per heavy atom. The Kier molecular flexibility index (Phi) is 7.12. The third-order valence-electron chi connectivity index (χ3n) is 7.21. The van der Waals surface area contributed by atoms with Crippen LogP contribution >= 0.6 is 15.9 Å². The lowest BCUT2D eigenvalue weighted by atomic mass is 9.70. The standard InChI is InChI=1S/C24H32BrN3O5/c1-3-10-26-21(30)17-18-23(32)28(15(4-2)13-29)20(24(18)11-16(25)19(17)33-24)22(31)27-12-14-8-6-5-7-9-14/h5-9,15-20,29H,3-4,10-13H2,1-2H3,(H,26,30)(H,27,31)/t15-,16?,17-,18-,19-,20?,24?/m0/s1. The van der Waals surface area contributed by atoms with Gasteiger partial charge in [0, 0.05) is 17.9 Å². The number of hydrogen-bond acceptors (Lipinski definition) is 5. The van der Waals surface area contributed by atoms with Gasteiger partial charge in [0.25, 0.3) is 0 Å². The summed E-state index contributed by atoms with van der Waals surface area (Å²) in [6.07, 6.45) is 1.25. The Hall–Kier alpha value is -1.97. The number of hydrogen-bond donors (Lipinski definition) is 3. The molecular formula is C24H32BrN3O5. The van der Waals surface area contributed by atoms with Crippen LogP contribution in [0.5, 0.6) is 0 Å². The van der Waals surface area contributed by atoms with Gasteiger partial charge in [-0.15, -0.1) is 0 Å². The summed E-state index contributed by atoms with van der Waals surface area (Å²) in [5, 5.41) is 15.9. The van der Waals surface area contributed by atoms with Gasteiger partial charge in [-0.25, -0.2) is 0 Å². The van der Waals surface area contributed by atoms with Crippen molar-refractivity contribution < 1.29 is 24.2 Å². The third-order valence-corrected chi connectivity index (χ3v) is 8.06. The van der Waals surface area contributed by atoms with Crippen molar-refractivity contribution in [3.05, 3.63) is 35.9 Å². The molecule has 3 fully saturated rings. The largest absolute Gasteiger partial charge is 0.394 e. The van der Waals surface area contributed by atoms with Crippen LogP contribution in [0.15, 0.2) is 30.3 Å². The number of carbonyl (C=O) groups is 3. The van der Waals surface area contributed by atoms with Crippen molar-refractivity contribution in [3.63, 3.8) is 0 Å². The second-order valence-corrected chi connectivity index (χ2v) is 10.3. The van der Waals surface area contributed by atoms with Gasteiger partial charge in [-0.1, -0.05) is 60.1 Å². The number of carbonyl (C=O) groups excluding carboxylic acids is 3. The number of nitrogens with one attached hydrogen (secondary N) is 2. The molecule has 2 bridgehead atoms. The molecule has 3 saturated heterocycles. The molecule has 0 aromatic heterocycles. The van der Waals surface area contributed by atoms with Gasteiger partial charge >= 0.3 is 0 Å². The fraction of sp³-hybridized carbons (Fsp3) is 0.625. The fourth-order valence-corrected chi connectivity index (χ4v) is 6.66. The van der Waals surface area contributed by atoms with Crippen molar-refractivity contribution in [1.29, 1.82) is 0 Å².